The number of phenolic OH excluding ortho intramolecular Hbond substituents is 4. The summed E-state index contributed by atoms with van der Waals surface area (Å²) in [7, 11) is 1.27. The Kier molecular flexibility index (Phi) is 7.76. The number of aromatic hydroxyl groups is 5. The van der Waals surface area contributed by atoms with Crippen LogP contribution in [0.4, 0.5) is 10.7 Å². The Bertz CT molecular complexity index is 2100. The number of hydrogen-bond acceptors (Lipinski definition) is 11. The zero-order valence-electron chi connectivity index (χ0n) is 22.7. The van der Waals surface area contributed by atoms with Gasteiger partial charge in [0.25, 0.3) is 0 Å². The van der Waals surface area contributed by atoms with Gasteiger partial charge in [-0.2, -0.15) is 0 Å². The third-order valence-electron chi connectivity index (χ3n) is 6.36. The van der Waals surface area contributed by atoms with Crippen molar-refractivity contribution in [2.45, 2.75) is 0 Å². The zero-order chi connectivity index (χ0) is 31.5. The molecule has 6 rings (SSSR count). The molecule has 2 heterocycles. The molecule has 1 amide bonds. The van der Waals surface area contributed by atoms with Crippen molar-refractivity contribution in [2.75, 3.05) is 12.4 Å². The molecule has 0 bridgehead atoms. The lowest BCUT2D eigenvalue weighted by Gasteiger charge is -2.08. The smallest absolute Gasteiger partial charge is 0.413 e. The lowest BCUT2D eigenvalue weighted by Crippen LogP contribution is -2.11. The first-order valence-corrected chi connectivity index (χ1v) is 12.7. The number of aromatic amines is 1. The fourth-order valence-electron chi connectivity index (χ4n) is 4.25. The fourth-order valence-corrected chi connectivity index (χ4v) is 4.25. The number of methoxy groups -OCH3 is 1. The van der Waals surface area contributed by atoms with E-state index in [9.17, 15) is 39.9 Å². The summed E-state index contributed by atoms with van der Waals surface area (Å²) < 4.78 is 9.86. The summed E-state index contributed by atoms with van der Waals surface area (Å²) in [5, 5.41) is 50.1. The Hall–Kier alpha value is -6.50. The van der Waals surface area contributed by atoms with E-state index < -0.39 is 28.8 Å². The van der Waals surface area contributed by atoms with Gasteiger partial charge in [0, 0.05) is 28.8 Å². The molecule has 0 saturated heterocycles. The maximum absolute atomic E-state index is 12.4. The summed E-state index contributed by atoms with van der Waals surface area (Å²) in [5.74, 6) is -2.51. The maximum atomic E-state index is 12.4. The van der Waals surface area contributed by atoms with Gasteiger partial charge in [-0.15, -0.1) is 0 Å². The van der Waals surface area contributed by atoms with Gasteiger partial charge in [0.15, 0.2) is 23.0 Å². The third kappa shape index (κ3) is 5.78. The number of H-pyrrole nitrogens is 1. The minimum atomic E-state index is -0.888. The molecule has 2 aromatic heterocycles. The van der Waals surface area contributed by atoms with Crippen molar-refractivity contribution >= 4 is 39.8 Å². The number of benzene rings is 4. The molecule has 0 aliphatic carbocycles. The second-order valence-corrected chi connectivity index (χ2v) is 9.28. The van der Waals surface area contributed by atoms with Crippen LogP contribution in [0.3, 0.4) is 0 Å². The Morgan fingerprint density at radius 1 is 0.841 bits per heavy atom. The minimum Gasteiger partial charge on any atom is -0.508 e. The highest BCUT2D eigenvalue weighted by Gasteiger charge is 2.19. The van der Waals surface area contributed by atoms with Crippen molar-refractivity contribution in [1.82, 2.24) is 9.97 Å². The maximum Gasteiger partial charge on any atom is 0.413 e. The van der Waals surface area contributed by atoms with Crippen molar-refractivity contribution in [3.05, 3.63) is 100 Å². The summed E-state index contributed by atoms with van der Waals surface area (Å²) in [6, 6.07) is 19.8. The van der Waals surface area contributed by atoms with Crippen molar-refractivity contribution < 1.29 is 44.3 Å². The topological polar surface area (TPSA) is 215 Å². The molecule has 13 heteroatoms. The van der Waals surface area contributed by atoms with Crippen LogP contribution in [0.2, 0.25) is 0 Å². The van der Waals surface area contributed by atoms with Gasteiger partial charge < -0.3 is 39.7 Å². The van der Waals surface area contributed by atoms with Crippen LogP contribution in [0.5, 0.6) is 28.7 Å². The van der Waals surface area contributed by atoms with Crippen LogP contribution in [0.25, 0.3) is 33.3 Å². The lowest BCUT2D eigenvalue weighted by atomic mass is 10.0. The summed E-state index contributed by atoms with van der Waals surface area (Å²) in [4.78, 5) is 42.8. The Labute approximate surface area is 246 Å². The van der Waals surface area contributed by atoms with E-state index in [-0.39, 0.29) is 45.5 Å². The number of ether oxygens (including phenoxy) is 1. The molecule has 0 unspecified atom stereocenters. The van der Waals surface area contributed by atoms with E-state index in [1.165, 1.54) is 13.2 Å². The number of nitrogens with zero attached hydrogens (tertiary/aromatic N) is 1. The third-order valence-corrected chi connectivity index (χ3v) is 6.36. The average Bonchev–Trinajstić information content (AvgIpc) is 3.41. The number of aromatic nitrogens is 2. The largest absolute Gasteiger partial charge is 0.508 e. The Morgan fingerprint density at radius 3 is 2.30 bits per heavy atom. The summed E-state index contributed by atoms with van der Waals surface area (Å²) in [6.07, 6.45) is -0.611. The summed E-state index contributed by atoms with van der Waals surface area (Å²) in [6.45, 7) is 0. The van der Waals surface area contributed by atoms with E-state index in [4.69, 9.17) is 4.42 Å². The molecule has 0 atom stereocenters. The molecule has 0 radical (unpaired) electrons. The molecule has 7 N–H and O–H groups in total. The number of phenols is 4. The van der Waals surface area contributed by atoms with Crippen LogP contribution >= 0.6 is 0 Å². The van der Waals surface area contributed by atoms with Gasteiger partial charge in [0.1, 0.15) is 22.5 Å². The second kappa shape index (κ2) is 11.8. The number of nitrogens with one attached hydrogen (secondary N) is 2. The van der Waals surface area contributed by atoms with Gasteiger partial charge >= 0.3 is 6.09 Å². The number of fused-ring (bicyclic) bond motifs is 2. The molecule has 0 aliphatic heterocycles. The SMILES string of the molecule is COC(=O)Nc1nc2ccc(C(=O)c3ccccc3)cc2[nH]1.O=c1c(O)c(-c2ccc(O)c(O)c2)oc2cc(O)cc(O)c12. The Balaban J connectivity index is 0.000000175. The molecule has 0 spiro atoms. The van der Waals surface area contributed by atoms with Crippen molar-refractivity contribution in [3.8, 4) is 40.1 Å². The number of carbonyl (C=O) groups is 2. The summed E-state index contributed by atoms with van der Waals surface area (Å²) >= 11 is 0. The van der Waals surface area contributed by atoms with Gasteiger partial charge in [0.2, 0.25) is 17.1 Å². The van der Waals surface area contributed by atoms with Crippen LogP contribution in [0, 0.1) is 0 Å². The Morgan fingerprint density at radius 2 is 1.59 bits per heavy atom. The van der Waals surface area contributed by atoms with E-state index in [1.807, 2.05) is 18.2 Å². The highest BCUT2D eigenvalue weighted by atomic mass is 16.5. The van der Waals surface area contributed by atoms with Crippen LogP contribution < -0.4 is 10.7 Å². The molecule has 13 nitrogen and oxygen atoms in total. The number of rotatable bonds is 4. The molecule has 0 aliphatic rings. The van der Waals surface area contributed by atoms with Crippen molar-refractivity contribution in [1.29, 1.82) is 0 Å². The average molecular weight is 598 g/mol. The number of hydrogen-bond donors (Lipinski definition) is 7. The number of amides is 1. The number of imidazole rings is 1. The molecule has 0 saturated carbocycles. The first kappa shape index (κ1) is 29.0. The van der Waals surface area contributed by atoms with Gasteiger partial charge in [-0.1, -0.05) is 30.3 Å². The first-order valence-electron chi connectivity index (χ1n) is 12.7. The standard InChI is InChI=1S/C16H13N3O3.C15H10O7/c1-22-16(21)19-15-17-12-8-7-11(9-13(12)18-15)14(20)10-5-3-2-4-6-10;16-7-4-10(19)12-11(5-7)22-15(14(21)13(12)20)6-1-2-8(17)9(18)3-6/h2-9H,1H3,(H2,17,18,19,21);1-5,16-19,21H. The van der Waals surface area contributed by atoms with Crippen LogP contribution in [0.15, 0.2) is 88.1 Å². The predicted molar refractivity (Wildman–Crippen MR) is 158 cm³/mol. The first-order chi connectivity index (χ1) is 21.0. The van der Waals surface area contributed by atoms with Crippen molar-refractivity contribution in [2.24, 2.45) is 0 Å². The number of ketones is 1. The molecule has 4 aromatic carbocycles. The van der Waals surface area contributed by atoms with Crippen LogP contribution in [-0.4, -0.2) is 54.5 Å². The second-order valence-electron chi connectivity index (χ2n) is 9.28. The van der Waals surface area contributed by atoms with E-state index in [2.05, 4.69) is 20.0 Å². The monoisotopic (exact) mass is 597 g/mol. The molecule has 0 fully saturated rings. The van der Waals surface area contributed by atoms with E-state index >= 15 is 0 Å². The van der Waals surface area contributed by atoms with Crippen LogP contribution in [0.1, 0.15) is 15.9 Å². The highest BCUT2D eigenvalue weighted by molar-refractivity contribution is 6.10. The van der Waals surface area contributed by atoms with E-state index in [0.717, 1.165) is 24.3 Å². The van der Waals surface area contributed by atoms with Gasteiger partial charge in [0.05, 0.1) is 18.1 Å². The predicted octanol–water partition coefficient (Wildman–Crippen LogP) is 4.96. The van der Waals surface area contributed by atoms with E-state index in [1.54, 1.807) is 30.3 Å². The highest BCUT2D eigenvalue weighted by Crippen LogP contribution is 2.37. The van der Waals surface area contributed by atoms with Gasteiger partial charge in [-0.25, -0.2) is 9.78 Å². The number of carbonyl (C=O) groups excluding carboxylic acids is 2. The molecule has 222 valence electrons. The van der Waals surface area contributed by atoms with E-state index in [0.29, 0.717) is 22.2 Å². The molecule has 6 aromatic rings. The van der Waals surface area contributed by atoms with Gasteiger partial charge in [-0.05, 0) is 36.4 Å². The molecular formula is C31H23N3O10. The molecule has 44 heavy (non-hydrogen) atoms. The lowest BCUT2D eigenvalue weighted by molar-refractivity contribution is 0.103. The van der Waals surface area contributed by atoms with Crippen LogP contribution in [-0.2, 0) is 4.74 Å². The zero-order valence-corrected chi connectivity index (χ0v) is 22.7. The minimum absolute atomic E-state index is 0.0698. The quantitative estimate of drug-likeness (QED) is 0.106. The van der Waals surface area contributed by atoms with Gasteiger partial charge in [-0.3, -0.25) is 14.9 Å². The normalized spacial score (nSPS) is 10.7. The summed E-state index contributed by atoms with van der Waals surface area (Å²) in [5.41, 5.74) is 1.59. The number of anilines is 1. The fraction of sp³-hybridized carbons (Fsp3) is 0.0323. The van der Waals surface area contributed by atoms with Crippen molar-refractivity contribution in [3.63, 3.8) is 0 Å². The molecular weight excluding hydrogens is 574 g/mol.